The number of guanidine groups is 1. The van der Waals surface area contributed by atoms with Crippen LogP contribution in [0.15, 0.2) is 4.99 Å². The van der Waals surface area contributed by atoms with Crippen molar-refractivity contribution in [1.82, 2.24) is 15.5 Å². The number of hydrogen-bond acceptors (Lipinski definition) is 3. The third-order valence-electron chi connectivity index (χ3n) is 3.49. The Morgan fingerprint density at radius 1 is 1.20 bits per heavy atom. The fraction of sp³-hybridized carbons (Fsp3) is 0.933. The van der Waals surface area contributed by atoms with E-state index >= 15 is 0 Å². The molecule has 5 nitrogen and oxygen atoms in total. The summed E-state index contributed by atoms with van der Waals surface area (Å²) in [5.74, 6) is 1.51. The van der Waals surface area contributed by atoms with E-state index in [2.05, 4.69) is 50.2 Å². The largest absolute Gasteiger partial charge is 0.379 e. The molecule has 1 aliphatic heterocycles. The van der Waals surface area contributed by atoms with Crippen molar-refractivity contribution in [3.63, 3.8) is 0 Å². The summed E-state index contributed by atoms with van der Waals surface area (Å²) in [6.07, 6.45) is 0. The number of ether oxygens (including phenoxy) is 1. The Morgan fingerprint density at radius 2 is 1.85 bits per heavy atom. The van der Waals surface area contributed by atoms with Crippen LogP contribution in [0.2, 0.25) is 0 Å². The lowest BCUT2D eigenvalue weighted by Crippen LogP contribution is -2.48. The van der Waals surface area contributed by atoms with Crippen molar-refractivity contribution < 1.29 is 4.74 Å². The molecule has 1 fully saturated rings. The summed E-state index contributed by atoms with van der Waals surface area (Å²) in [6, 6.07) is 0.884. The smallest absolute Gasteiger partial charge is 0.191 e. The van der Waals surface area contributed by atoms with Gasteiger partial charge in [0.1, 0.15) is 0 Å². The van der Waals surface area contributed by atoms with Gasteiger partial charge in [-0.3, -0.25) is 9.89 Å². The average Bonchev–Trinajstić information content (AvgIpc) is 2.39. The van der Waals surface area contributed by atoms with Crippen molar-refractivity contribution in [3.8, 4) is 0 Å². The fourth-order valence-electron chi connectivity index (χ4n) is 2.44. The van der Waals surface area contributed by atoms with E-state index in [1.807, 2.05) is 0 Å². The van der Waals surface area contributed by atoms with Crippen molar-refractivity contribution >= 4 is 5.96 Å². The van der Waals surface area contributed by atoms with Crippen LogP contribution in [0.5, 0.6) is 0 Å². The first-order valence-corrected chi connectivity index (χ1v) is 7.91. The molecule has 1 rings (SSSR count). The van der Waals surface area contributed by atoms with Crippen LogP contribution in [-0.2, 0) is 4.74 Å². The second-order valence-corrected chi connectivity index (χ2v) is 5.98. The van der Waals surface area contributed by atoms with E-state index in [4.69, 9.17) is 9.73 Å². The van der Waals surface area contributed by atoms with Crippen molar-refractivity contribution in [2.45, 2.75) is 46.7 Å². The summed E-state index contributed by atoms with van der Waals surface area (Å²) in [6.45, 7) is 16.4. The van der Waals surface area contributed by atoms with Crippen LogP contribution in [0, 0.1) is 5.92 Å². The Morgan fingerprint density at radius 3 is 2.35 bits per heavy atom. The number of nitrogens with zero attached hydrogens (tertiary/aromatic N) is 2. The number of aliphatic imine (C=N–C) groups is 1. The highest BCUT2D eigenvalue weighted by Crippen LogP contribution is 2.13. The second-order valence-electron chi connectivity index (χ2n) is 5.98. The summed E-state index contributed by atoms with van der Waals surface area (Å²) in [4.78, 5) is 7.27. The lowest BCUT2D eigenvalue weighted by molar-refractivity contribution is 0.00867. The zero-order valence-corrected chi connectivity index (χ0v) is 13.8. The van der Waals surface area contributed by atoms with E-state index in [-0.39, 0.29) is 0 Å². The Hall–Kier alpha value is -0.810. The molecule has 0 aromatic heterocycles. The first kappa shape index (κ1) is 17.2. The molecule has 1 heterocycles. The van der Waals surface area contributed by atoms with Gasteiger partial charge in [-0.05, 0) is 26.7 Å². The first-order valence-electron chi connectivity index (χ1n) is 7.91. The predicted molar refractivity (Wildman–Crippen MR) is 85.3 cm³/mol. The van der Waals surface area contributed by atoms with Gasteiger partial charge in [0.25, 0.3) is 0 Å². The summed E-state index contributed by atoms with van der Waals surface area (Å²) < 4.78 is 5.44. The maximum Gasteiger partial charge on any atom is 0.191 e. The highest BCUT2D eigenvalue weighted by molar-refractivity contribution is 5.80. The van der Waals surface area contributed by atoms with Crippen LogP contribution in [-0.4, -0.2) is 62.3 Å². The fourth-order valence-corrected chi connectivity index (χ4v) is 2.44. The normalized spacial score (nSPS) is 19.4. The Kier molecular flexibility index (Phi) is 7.92. The van der Waals surface area contributed by atoms with Crippen molar-refractivity contribution in [3.05, 3.63) is 0 Å². The van der Waals surface area contributed by atoms with E-state index in [0.29, 0.717) is 18.0 Å². The predicted octanol–water partition coefficient (Wildman–Crippen LogP) is 1.31. The molecule has 2 N–H and O–H groups in total. The van der Waals surface area contributed by atoms with Crippen LogP contribution in [0.1, 0.15) is 34.6 Å². The van der Waals surface area contributed by atoms with Crippen molar-refractivity contribution in [2.24, 2.45) is 10.9 Å². The molecule has 1 saturated heterocycles. The van der Waals surface area contributed by atoms with Gasteiger partial charge < -0.3 is 15.4 Å². The Bertz CT molecular complexity index is 286. The molecule has 0 amide bonds. The van der Waals surface area contributed by atoms with E-state index in [1.165, 1.54) is 0 Å². The van der Waals surface area contributed by atoms with E-state index in [1.54, 1.807) is 0 Å². The lowest BCUT2D eigenvalue weighted by Gasteiger charge is -2.36. The number of morpholine rings is 1. The average molecular weight is 284 g/mol. The van der Waals surface area contributed by atoms with Gasteiger partial charge in [-0.1, -0.05) is 13.8 Å². The quantitative estimate of drug-likeness (QED) is 0.570. The van der Waals surface area contributed by atoms with E-state index in [9.17, 15) is 0 Å². The molecular weight excluding hydrogens is 252 g/mol. The highest BCUT2D eigenvalue weighted by Gasteiger charge is 2.23. The van der Waals surface area contributed by atoms with Crippen LogP contribution in [0.3, 0.4) is 0 Å². The number of hydrogen-bond donors (Lipinski definition) is 2. The summed E-state index contributed by atoms with van der Waals surface area (Å²) in [5, 5.41) is 6.68. The standard InChI is InChI=1S/C15H32N4O/c1-6-16-15(18-13(4)5)17-11-14(12(2)3)19-7-9-20-10-8-19/h12-14H,6-11H2,1-5H3,(H2,16,17,18). The summed E-state index contributed by atoms with van der Waals surface area (Å²) in [5.41, 5.74) is 0. The highest BCUT2D eigenvalue weighted by atomic mass is 16.5. The SMILES string of the molecule is CCNC(=NCC(C(C)C)N1CCOCC1)NC(C)C. The van der Waals surface area contributed by atoms with Crippen LogP contribution < -0.4 is 10.6 Å². The zero-order valence-electron chi connectivity index (χ0n) is 13.8. The van der Waals surface area contributed by atoms with Gasteiger partial charge in [-0.2, -0.15) is 0 Å². The van der Waals surface area contributed by atoms with Crippen LogP contribution >= 0.6 is 0 Å². The third kappa shape index (κ3) is 6.09. The maximum atomic E-state index is 5.44. The monoisotopic (exact) mass is 284 g/mol. The van der Waals surface area contributed by atoms with E-state index < -0.39 is 0 Å². The lowest BCUT2D eigenvalue weighted by atomic mass is 10.0. The minimum absolute atomic E-state index is 0.397. The molecule has 0 saturated carbocycles. The maximum absolute atomic E-state index is 5.44. The molecule has 0 aromatic carbocycles. The molecule has 0 spiro atoms. The van der Waals surface area contributed by atoms with Gasteiger partial charge in [-0.15, -0.1) is 0 Å². The molecule has 118 valence electrons. The van der Waals surface area contributed by atoms with Gasteiger partial charge in [0.05, 0.1) is 19.8 Å². The molecule has 1 atom stereocenters. The molecule has 0 radical (unpaired) electrons. The first-order chi connectivity index (χ1) is 9.54. The van der Waals surface area contributed by atoms with Gasteiger partial charge in [0.15, 0.2) is 5.96 Å². The Balaban J connectivity index is 2.62. The third-order valence-corrected chi connectivity index (χ3v) is 3.49. The molecule has 0 aliphatic carbocycles. The molecule has 0 aromatic rings. The Labute approximate surface area is 124 Å². The van der Waals surface area contributed by atoms with E-state index in [0.717, 1.165) is 45.4 Å². The minimum atomic E-state index is 0.397. The van der Waals surface area contributed by atoms with Gasteiger partial charge in [0, 0.05) is 31.7 Å². The van der Waals surface area contributed by atoms with Gasteiger partial charge in [0.2, 0.25) is 0 Å². The zero-order chi connectivity index (χ0) is 15.0. The van der Waals surface area contributed by atoms with Crippen LogP contribution in [0.25, 0.3) is 0 Å². The molecule has 1 unspecified atom stereocenters. The second kappa shape index (κ2) is 9.19. The number of nitrogens with one attached hydrogen (secondary N) is 2. The molecule has 0 bridgehead atoms. The van der Waals surface area contributed by atoms with Crippen molar-refractivity contribution in [2.75, 3.05) is 39.4 Å². The topological polar surface area (TPSA) is 48.9 Å². The van der Waals surface area contributed by atoms with Crippen molar-refractivity contribution in [1.29, 1.82) is 0 Å². The molecule has 20 heavy (non-hydrogen) atoms. The van der Waals surface area contributed by atoms with Gasteiger partial charge >= 0.3 is 0 Å². The molecular formula is C15H32N4O. The summed E-state index contributed by atoms with van der Waals surface area (Å²) in [7, 11) is 0. The summed E-state index contributed by atoms with van der Waals surface area (Å²) >= 11 is 0. The number of rotatable bonds is 6. The van der Waals surface area contributed by atoms with Gasteiger partial charge in [-0.25, -0.2) is 0 Å². The molecule has 1 aliphatic rings. The van der Waals surface area contributed by atoms with Crippen LogP contribution in [0.4, 0.5) is 0 Å². The molecule has 5 heteroatoms. The minimum Gasteiger partial charge on any atom is -0.379 e.